The number of ether oxygens (including phenoxy) is 1. The van der Waals surface area contributed by atoms with Gasteiger partial charge in [-0.25, -0.2) is 4.79 Å². The first-order valence-electron chi connectivity index (χ1n) is 7.10. The number of rotatable bonds is 4. The molecule has 22 heavy (non-hydrogen) atoms. The van der Waals surface area contributed by atoms with Gasteiger partial charge in [0.15, 0.2) is 0 Å². The van der Waals surface area contributed by atoms with E-state index in [1.165, 1.54) is 0 Å². The molecule has 3 aromatic rings. The number of benzene rings is 2. The average molecular weight is 292 g/mol. The van der Waals surface area contributed by atoms with Crippen molar-refractivity contribution in [3.63, 3.8) is 0 Å². The van der Waals surface area contributed by atoms with Gasteiger partial charge in [-0.3, -0.25) is 4.98 Å². The summed E-state index contributed by atoms with van der Waals surface area (Å²) in [7, 11) is 0. The van der Waals surface area contributed by atoms with Crippen molar-refractivity contribution < 1.29 is 9.53 Å². The Balaban J connectivity index is 1.58. The topological polar surface area (TPSA) is 51.2 Å². The van der Waals surface area contributed by atoms with Crippen molar-refractivity contribution in [2.75, 3.05) is 0 Å². The Morgan fingerprint density at radius 2 is 1.77 bits per heavy atom. The summed E-state index contributed by atoms with van der Waals surface area (Å²) in [5, 5.41) is 3.74. The maximum Gasteiger partial charge on any atom is 0.407 e. The molecule has 110 valence electrons. The van der Waals surface area contributed by atoms with E-state index in [-0.39, 0.29) is 6.61 Å². The van der Waals surface area contributed by atoms with Crippen LogP contribution in [0, 0.1) is 0 Å². The molecule has 4 heteroatoms. The number of nitrogens with zero attached hydrogens (tertiary/aromatic N) is 1. The fraction of sp³-hybridized carbons (Fsp3) is 0.111. The number of amides is 1. The van der Waals surface area contributed by atoms with Crippen molar-refractivity contribution in [1.82, 2.24) is 10.3 Å². The van der Waals surface area contributed by atoms with Gasteiger partial charge in [0.05, 0.1) is 5.52 Å². The van der Waals surface area contributed by atoms with Gasteiger partial charge >= 0.3 is 6.09 Å². The molecule has 1 N–H and O–H groups in total. The Morgan fingerprint density at radius 3 is 2.64 bits per heavy atom. The molecule has 0 unspecified atom stereocenters. The molecule has 0 aliphatic heterocycles. The second-order valence-corrected chi connectivity index (χ2v) is 4.90. The third-order valence-electron chi connectivity index (χ3n) is 3.38. The number of aromatic nitrogens is 1. The molecule has 0 aliphatic rings. The highest BCUT2D eigenvalue weighted by atomic mass is 16.5. The Labute approximate surface area is 128 Å². The summed E-state index contributed by atoms with van der Waals surface area (Å²) >= 11 is 0. The smallest absolute Gasteiger partial charge is 0.407 e. The molecule has 1 aromatic heterocycles. The largest absolute Gasteiger partial charge is 0.445 e. The number of alkyl carbamates (subject to hydrolysis) is 1. The maximum atomic E-state index is 11.8. The van der Waals surface area contributed by atoms with E-state index in [4.69, 9.17) is 4.74 Å². The number of carbonyl (C=O) groups excluding carboxylic acids is 1. The van der Waals surface area contributed by atoms with Gasteiger partial charge < -0.3 is 10.1 Å². The van der Waals surface area contributed by atoms with Crippen molar-refractivity contribution >= 4 is 17.0 Å². The van der Waals surface area contributed by atoms with Gasteiger partial charge in [-0.15, -0.1) is 0 Å². The van der Waals surface area contributed by atoms with Crippen molar-refractivity contribution in [1.29, 1.82) is 0 Å². The van der Waals surface area contributed by atoms with Gasteiger partial charge in [0.25, 0.3) is 0 Å². The summed E-state index contributed by atoms with van der Waals surface area (Å²) in [5.74, 6) is 0. The zero-order chi connectivity index (χ0) is 15.2. The molecule has 0 saturated heterocycles. The molecule has 4 nitrogen and oxygen atoms in total. The van der Waals surface area contributed by atoms with Crippen molar-refractivity contribution in [2.45, 2.75) is 13.2 Å². The third kappa shape index (κ3) is 3.41. The van der Waals surface area contributed by atoms with Crippen molar-refractivity contribution in [2.24, 2.45) is 0 Å². The lowest BCUT2D eigenvalue weighted by atomic mass is 10.1. The van der Waals surface area contributed by atoms with Gasteiger partial charge in [-0.1, -0.05) is 48.5 Å². The molecule has 0 radical (unpaired) electrons. The van der Waals surface area contributed by atoms with Gasteiger partial charge in [0.1, 0.15) is 6.61 Å². The highest BCUT2D eigenvalue weighted by Gasteiger charge is 2.05. The van der Waals surface area contributed by atoms with Crippen LogP contribution in [-0.2, 0) is 17.9 Å². The predicted octanol–water partition coefficient (Wildman–Crippen LogP) is 3.66. The monoisotopic (exact) mass is 292 g/mol. The van der Waals surface area contributed by atoms with Gasteiger partial charge in [0, 0.05) is 23.7 Å². The van der Waals surface area contributed by atoms with E-state index in [2.05, 4.69) is 10.3 Å². The van der Waals surface area contributed by atoms with Gasteiger partial charge in [-0.2, -0.15) is 0 Å². The normalized spacial score (nSPS) is 10.4. The fourth-order valence-corrected chi connectivity index (χ4v) is 2.25. The first-order chi connectivity index (χ1) is 10.8. The Hall–Kier alpha value is -2.88. The highest BCUT2D eigenvalue weighted by molar-refractivity contribution is 5.81. The molecular formula is C18H16N2O2. The van der Waals surface area contributed by atoms with Crippen LogP contribution in [0.3, 0.4) is 0 Å². The lowest BCUT2D eigenvalue weighted by Crippen LogP contribution is -2.23. The minimum absolute atomic E-state index is 0.226. The summed E-state index contributed by atoms with van der Waals surface area (Å²) in [6.45, 7) is 0.681. The van der Waals surface area contributed by atoms with E-state index < -0.39 is 6.09 Å². The number of hydrogen-bond acceptors (Lipinski definition) is 3. The average Bonchev–Trinajstić information content (AvgIpc) is 2.59. The first kappa shape index (κ1) is 14.1. The first-order valence-corrected chi connectivity index (χ1v) is 7.10. The van der Waals surface area contributed by atoms with E-state index in [9.17, 15) is 4.79 Å². The maximum absolute atomic E-state index is 11.8. The van der Waals surface area contributed by atoms with Crippen LogP contribution in [0.5, 0.6) is 0 Å². The van der Waals surface area contributed by atoms with Crippen LogP contribution in [0.15, 0.2) is 66.9 Å². The molecule has 0 atom stereocenters. The molecule has 2 aromatic carbocycles. The Morgan fingerprint density at radius 1 is 1.00 bits per heavy atom. The quantitative estimate of drug-likeness (QED) is 0.798. The van der Waals surface area contributed by atoms with Gasteiger partial charge in [0.2, 0.25) is 0 Å². The number of pyridine rings is 1. The minimum atomic E-state index is -0.426. The molecule has 1 heterocycles. The van der Waals surface area contributed by atoms with Crippen LogP contribution in [0.4, 0.5) is 4.79 Å². The molecule has 0 bridgehead atoms. The van der Waals surface area contributed by atoms with Crippen LogP contribution in [0.2, 0.25) is 0 Å². The summed E-state index contributed by atoms with van der Waals surface area (Å²) in [5.41, 5.74) is 2.88. The zero-order valence-corrected chi connectivity index (χ0v) is 12.0. The van der Waals surface area contributed by atoms with Crippen LogP contribution in [-0.4, -0.2) is 11.1 Å². The minimum Gasteiger partial charge on any atom is -0.445 e. The molecule has 0 saturated carbocycles. The zero-order valence-electron chi connectivity index (χ0n) is 12.0. The second-order valence-electron chi connectivity index (χ2n) is 4.90. The molecule has 0 aliphatic carbocycles. The number of nitrogens with one attached hydrogen (secondary N) is 1. The van der Waals surface area contributed by atoms with E-state index in [1.807, 2.05) is 60.7 Å². The van der Waals surface area contributed by atoms with E-state index in [0.29, 0.717) is 6.54 Å². The molecule has 3 rings (SSSR count). The third-order valence-corrected chi connectivity index (χ3v) is 3.38. The lowest BCUT2D eigenvalue weighted by Gasteiger charge is -2.09. The van der Waals surface area contributed by atoms with Crippen LogP contribution in [0.1, 0.15) is 11.1 Å². The molecule has 1 amide bonds. The second kappa shape index (κ2) is 6.72. The molecule has 0 spiro atoms. The lowest BCUT2D eigenvalue weighted by molar-refractivity contribution is 0.139. The van der Waals surface area contributed by atoms with Gasteiger partial charge in [-0.05, 0) is 17.7 Å². The number of carbonyl (C=O) groups is 1. The van der Waals surface area contributed by atoms with Crippen molar-refractivity contribution in [3.05, 3.63) is 78.0 Å². The van der Waals surface area contributed by atoms with Crippen LogP contribution in [0.25, 0.3) is 10.9 Å². The summed E-state index contributed by atoms with van der Waals surface area (Å²) < 4.78 is 5.28. The number of fused-ring (bicyclic) bond motifs is 1. The molecular weight excluding hydrogens is 276 g/mol. The predicted molar refractivity (Wildman–Crippen MR) is 85.2 cm³/mol. The van der Waals surface area contributed by atoms with E-state index in [1.54, 1.807) is 6.20 Å². The Bertz CT molecular complexity index is 767. The standard InChI is InChI=1S/C18H16N2O2/c21-18(20-12-14-6-2-1-3-7-14)22-13-15-10-11-19-17-9-5-4-8-16(15)17/h1-11H,12-13H2,(H,20,21). The van der Waals surface area contributed by atoms with Crippen LogP contribution >= 0.6 is 0 Å². The number of hydrogen-bond donors (Lipinski definition) is 1. The molecule has 0 fully saturated rings. The summed E-state index contributed by atoms with van der Waals surface area (Å²) in [6.07, 6.45) is 1.30. The van der Waals surface area contributed by atoms with E-state index in [0.717, 1.165) is 22.0 Å². The summed E-state index contributed by atoms with van der Waals surface area (Å²) in [6, 6.07) is 19.4. The highest BCUT2D eigenvalue weighted by Crippen LogP contribution is 2.16. The van der Waals surface area contributed by atoms with E-state index >= 15 is 0 Å². The van der Waals surface area contributed by atoms with Crippen molar-refractivity contribution in [3.8, 4) is 0 Å². The number of para-hydroxylation sites is 1. The fourth-order valence-electron chi connectivity index (χ4n) is 2.25. The van der Waals surface area contributed by atoms with Crippen LogP contribution < -0.4 is 5.32 Å². The summed E-state index contributed by atoms with van der Waals surface area (Å²) in [4.78, 5) is 16.1. The SMILES string of the molecule is O=C(NCc1ccccc1)OCc1ccnc2ccccc12. The Kier molecular flexibility index (Phi) is 4.30.